The van der Waals surface area contributed by atoms with Gasteiger partial charge in [0.15, 0.2) is 6.61 Å². The third-order valence-corrected chi connectivity index (χ3v) is 5.65. The number of unbranched alkanes of at least 4 members (excludes halogenated alkanes) is 3. The number of benzene rings is 1. The number of anilines is 1. The molecule has 0 aliphatic rings. The van der Waals surface area contributed by atoms with Crippen LogP contribution in [0.3, 0.4) is 0 Å². The SMILES string of the molecule is CCCCCCNC(=O)CC[C@@H](NC(=O)[C@H](C)NC(=O)COc1cccc(N(CCO)C(C)=O)c1)C(N)=O. The summed E-state index contributed by atoms with van der Waals surface area (Å²) in [4.78, 5) is 61.7. The van der Waals surface area contributed by atoms with E-state index in [4.69, 9.17) is 15.6 Å². The maximum atomic E-state index is 12.5. The van der Waals surface area contributed by atoms with Crippen molar-refractivity contribution >= 4 is 35.2 Å². The van der Waals surface area contributed by atoms with E-state index in [0.717, 1.165) is 25.7 Å². The van der Waals surface area contributed by atoms with Crippen molar-refractivity contribution in [3.05, 3.63) is 24.3 Å². The van der Waals surface area contributed by atoms with Crippen LogP contribution in [0, 0.1) is 0 Å². The number of ether oxygens (including phenoxy) is 1. The summed E-state index contributed by atoms with van der Waals surface area (Å²) >= 11 is 0. The van der Waals surface area contributed by atoms with Crippen LogP contribution in [0.4, 0.5) is 5.69 Å². The number of hydrogen-bond acceptors (Lipinski definition) is 7. The van der Waals surface area contributed by atoms with Gasteiger partial charge in [-0.3, -0.25) is 24.0 Å². The van der Waals surface area contributed by atoms with Crippen LogP contribution in [0.5, 0.6) is 5.75 Å². The molecule has 0 aliphatic carbocycles. The average molecular weight is 536 g/mol. The number of aliphatic hydroxyl groups excluding tert-OH is 1. The Labute approximate surface area is 223 Å². The number of amides is 5. The van der Waals surface area contributed by atoms with Crippen molar-refractivity contribution in [2.24, 2.45) is 5.73 Å². The maximum Gasteiger partial charge on any atom is 0.258 e. The second-order valence-electron chi connectivity index (χ2n) is 8.88. The lowest BCUT2D eigenvalue weighted by atomic mass is 10.1. The molecule has 2 atom stereocenters. The molecule has 0 unspecified atom stereocenters. The second-order valence-corrected chi connectivity index (χ2v) is 8.88. The normalized spacial score (nSPS) is 12.1. The Balaban J connectivity index is 2.52. The van der Waals surface area contributed by atoms with Crippen LogP contribution in [-0.4, -0.2) is 73.0 Å². The molecule has 38 heavy (non-hydrogen) atoms. The van der Waals surface area contributed by atoms with Gasteiger partial charge in [-0.05, 0) is 31.9 Å². The van der Waals surface area contributed by atoms with Gasteiger partial charge in [0, 0.05) is 38.2 Å². The quantitative estimate of drug-likeness (QED) is 0.168. The van der Waals surface area contributed by atoms with E-state index in [0.29, 0.717) is 18.0 Å². The van der Waals surface area contributed by atoms with E-state index in [-0.39, 0.29) is 37.8 Å². The molecule has 0 saturated carbocycles. The Morgan fingerprint density at radius 2 is 1.82 bits per heavy atom. The molecule has 0 fully saturated rings. The molecule has 12 heteroatoms. The van der Waals surface area contributed by atoms with Gasteiger partial charge in [0.05, 0.1) is 6.61 Å². The fourth-order valence-electron chi connectivity index (χ4n) is 3.53. The molecular formula is C26H41N5O7. The van der Waals surface area contributed by atoms with Gasteiger partial charge < -0.3 is 36.4 Å². The predicted molar refractivity (Wildman–Crippen MR) is 142 cm³/mol. The molecule has 0 spiro atoms. The minimum atomic E-state index is -1.06. The summed E-state index contributed by atoms with van der Waals surface area (Å²) in [7, 11) is 0. The van der Waals surface area contributed by atoms with Crippen molar-refractivity contribution in [3.63, 3.8) is 0 Å². The summed E-state index contributed by atoms with van der Waals surface area (Å²) in [5, 5.41) is 16.9. The highest BCUT2D eigenvalue weighted by molar-refractivity contribution is 5.92. The summed E-state index contributed by atoms with van der Waals surface area (Å²) < 4.78 is 5.47. The minimum absolute atomic E-state index is 0.0225. The predicted octanol–water partition coefficient (Wildman–Crippen LogP) is 0.362. The molecule has 0 radical (unpaired) electrons. The summed E-state index contributed by atoms with van der Waals surface area (Å²) in [6.07, 6.45) is 4.17. The van der Waals surface area contributed by atoms with Gasteiger partial charge in [-0.1, -0.05) is 32.3 Å². The van der Waals surface area contributed by atoms with E-state index in [2.05, 4.69) is 22.9 Å². The summed E-state index contributed by atoms with van der Waals surface area (Å²) in [6.45, 7) is 4.96. The number of aliphatic hydroxyl groups is 1. The highest BCUT2D eigenvalue weighted by Crippen LogP contribution is 2.21. The van der Waals surface area contributed by atoms with Gasteiger partial charge >= 0.3 is 0 Å². The van der Waals surface area contributed by atoms with Crippen LogP contribution in [-0.2, 0) is 24.0 Å². The smallest absolute Gasteiger partial charge is 0.258 e. The zero-order valence-electron chi connectivity index (χ0n) is 22.5. The van der Waals surface area contributed by atoms with Crippen LogP contribution < -0.4 is 31.3 Å². The number of nitrogens with zero attached hydrogens (tertiary/aromatic N) is 1. The van der Waals surface area contributed by atoms with Crippen LogP contribution in [0.2, 0.25) is 0 Å². The van der Waals surface area contributed by atoms with Gasteiger partial charge in [0.2, 0.25) is 23.6 Å². The van der Waals surface area contributed by atoms with Crippen molar-refractivity contribution < 1.29 is 33.8 Å². The fraction of sp³-hybridized carbons (Fsp3) is 0.577. The van der Waals surface area contributed by atoms with Crippen LogP contribution in [0.1, 0.15) is 59.3 Å². The maximum absolute atomic E-state index is 12.5. The summed E-state index contributed by atoms with van der Waals surface area (Å²) in [5.41, 5.74) is 5.88. The molecule has 0 aliphatic heterocycles. The zero-order valence-corrected chi connectivity index (χ0v) is 22.5. The lowest BCUT2D eigenvalue weighted by molar-refractivity contribution is -0.131. The fourth-order valence-corrected chi connectivity index (χ4v) is 3.53. The first-order valence-electron chi connectivity index (χ1n) is 12.9. The molecule has 212 valence electrons. The van der Waals surface area contributed by atoms with E-state index in [9.17, 15) is 24.0 Å². The largest absolute Gasteiger partial charge is 0.484 e. The van der Waals surface area contributed by atoms with Crippen LogP contribution in [0.25, 0.3) is 0 Å². The molecule has 0 bridgehead atoms. The highest BCUT2D eigenvalue weighted by atomic mass is 16.5. The molecule has 5 amide bonds. The molecular weight excluding hydrogens is 494 g/mol. The first-order chi connectivity index (χ1) is 18.1. The van der Waals surface area contributed by atoms with Crippen molar-refractivity contribution in [1.82, 2.24) is 16.0 Å². The Hall–Kier alpha value is -3.67. The molecule has 1 rings (SSSR count). The van der Waals surface area contributed by atoms with Gasteiger partial charge in [-0.15, -0.1) is 0 Å². The molecule has 12 nitrogen and oxygen atoms in total. The Bertz CT molecular complexity index is 940. The first-order valence-corrected chi connectivity index (χ1v) is 12.9. The number of carbonyl (C=O) groups is 5. The monoisotopic (exact) mass is 535 g/mol. The summed E-state index contributed by atoms with van der Waals surface area (Å²) in [5.74, 6) is -2.17. The van der Waals surface area contributed by atoms with E-state index in [1.807, 2.05) is 0 Å². The Kier molecular flexibility index (Phi) is 15.1. The van der Waals surface area contributed by atoms with Gasteiger partial charge in [0.25, 0.3) is 5.91 Å². The Morgan fingerprint density at radius 3 is 2.45 bits per heavy atom. The van der Waals surface area contributed by atoms with Gasteiger partial charge in [-0.25, -0.2) is 0 Å². The van der Waals surface area contributed by atoms with E-state index < -0.39 is 36.4 Å². The molecule has 0 saturated heterocycles. The lowest BCUT2D eigenvalue weighted by Gasteiger charge is -2.21. The summed E-state index contributed by atoms with van der Waals surface area (Å²) in [6, 6.07) is 4.41. The third-order valence-electron chi connectivity index (χ3n) is 5.65. The number of hydrogen-bond donors (Lipinski definition) is 5. The number of carbonyl (C=O) groups excluding carboxylic acids is 5. The molecule has 6 N–H and O–H groups in total. The van der Waals surface area contributed by atoms with Crippen molar-refractivity contribution in [2.75, 3.05) is 31.2 Å². The minimum Gasteiger partial charge on any atom is -0.484 e. The van der Waals surface area contributed by atoms with Gasteiger partial charge in [-0.2, -0.15) is 0 Å². The van der Waals surface area contributed by atoms with E-state index in [1.54, 1.807) is 24.3 Å². The van der Waals surface area contributed by atoms with Crippen LogP contribution >= 0.6 is 0 Å². The molecule has 1 aromatic rings. The van der Waals surface area contributed by atoms with E-state index >= 15 is 0 Å². The number of primary amides is 1. The highest BCUT2D eigenvalue weighted by Gasteiger charge is 2.23. The molecule has 1 aromatic carbocycles. The standard InChI is InChI=1S/C26H41N5O7/c1-4-5-6-7-13-28-23(34)12-11-22(25(27)36)30-26(37)18(2)29-24(35)17-38-21-10-8-9-20(16-21)31(14-15-32)19(3)33/h8-10,16,18,22,32H,4-7,11-15,17H2,1-3H3,(H2,27,36)(H,28,34)(H,29,35)(H,30,37)/t18-,22+/m0/s1. The zero-order chi connectivity index (χ0) is 28.5. The second kappa shape index (κ2) is 17.7. The third kappa shape index (κ3) is 12.5. The van der Waals surface area contributed by atoms with Crippen molar-refractivity contribution in [2.45, 2.75) is 71.4 Å². The number of nitrogens with one attached hydrogen (secondary N) is 3. The van der Waals surface area contributed by atoms with Crippen LogP contribution in [0.15, 0.2) is 24.3 Å². The number of rotatable bonds is 18. The van der Waals surface area contributed by atoms with Crippen molar-refractivity contribution in [3.8, 4) is 5.75 Å². The van der Waals surface area contributed by atoms with Gasteiger partial charge in [0.1, 0.15) is 17.8 Å². The topological polar surface area (TPSA) is 180 Å². The Morgan fingerprint density at radius 1 is 1.08 bits per heavy atom. The number of nitrogens with two attached hydrogens (primary N) is 1. The molecule has 0 aromatic heterocycles. The van der Waals surface area contributed by atoms with Crippen molar-refractivity contribution in [1.29, 1.82) is 0 Å². The average Bonchev–Trinajstić information content (AvgIpc) is 2.87. The van der Waals surface area contributed by atoms with E-state index in [1.165, 1.54) is 18.7 Å². The molecule has 0 heterocycles. The lowest BCUT2D eigenvalue weighted by Crippen LogP contribution is -2.52. The first kappa shape index (κ1) is 32.4.